The average molecular weight is 268 g/mol. The van der Waals surface area contributed by atoms with Crippen molar-refractivity contribution in [2.75, 3.05) is 0 Å². The first-order valence-electron chi connectivity index (χ1n) is 5.32. The molecule has 2 aromatic rings. The van der Waals surface area contributed by atoms with Crippen molar-refractivity contribution in [3.8, 4) is 0 Å². The number of nitrogens with two attached hydrogens (primary N) is 1. The quantitative estimate of drug-likeness (QED) is 0.662. The van der Waals surface area contributed by atoms with Crippen molar-refractivity contribution in [3.05, 3.63) is 50.9 Å². The zero-order valence-corrected chi connectivity index (χ0v) is 11.1. The second-order valence-electron chi connectivity index (χ2n) is 3.83. The molecule has 0 aliphatic carbocycles. The fourth-order valence-corrected chi connectivity index (χ4v) is 2.77. The Morgan fingerprint density at radius 3 is 2.82 bits per heavy atom. The number of nitrogens with one attached hydrogen (secondary N) is 1. The third-order valence-corrected chi connectivity index (χ3v) is 3.86. The molecule has 0 spiro atoms. The lowest BCUT2D eigenvalue weighted by molar-refractivity contribution is 0.550. The Kier molecular flexibility index (Phi) is 4.12. The summed E-state index contributed by atoms with van der Waals surface area (Å²) in [6.07, 6.45) is 0.749. The van der Waals surface area contributed by atoms with Gasteiger partial charge in [0.15, 0.2) is 0 Å². The molecule has 0 fully saturated rings. The van der Waals surface area contributed by atoms with Crippen LogP contribution in [0.4, 0.5) is 0 Å². The Labute approximate surface area is 110 Å². The van der Waals surface area contributed by atoms with Crippen molar-refractivity contribution in [1.82, 2.24) is 10.4 Å². The van der Waals surface area contributed by atoms with Crippen molar-refractivity contribution >= 4 is 22.9 Å². The average Bonchev–Trinajstić information content (AvgIpc) is 2.73. The van der Waals surface area contributed by atoms with E-state index < -0.39 is 0 Å². The van der Waals surface area contributed by atoms with Gasteiger partial charge in [-0.25, -0.2) is 4.98 Å². The Morgan fingerprint density at radius 1 is 1.47 bits per heavy atom. The largest absolute Gasteiger partial charge is 0.271 e. The zero-order valence-electron chi connectivity index (χ0n) is 9.48. The van der Waals surface area contributed by atoms with Crippen LogP contribution in [0.5, 0.6) is 0 Å². The Bertz CT molecular complexity index is 498. The number of halogens is 1. The minimum atomic E-state index is -0.00532. The Morgan fingerprint density at radius 2 is 2.24 bits per heavy atom. The first kappa shape index (κ1) is 12.5. The van der Waals surface area contributed by atoms with Gasteiger partial charge in [-0.15, -0.1) is 11.3 Å². The molecule has 0 aliphatic heterocycles. The van der Waals surface area contributed by atoms with Gasteiger partial charge in [0.1, 0.15) is 0 Å². The molecule has 2 rings (SSSR count). The molecular weight excluding hydrogens is 254 g/mol. The van der Waals surface area contributed by atoms with E-state index in [1.54, 1.807) is 11.3 Å². The van der Waals surface area contributed by atoms with Crippen molar-refractivity contribution in [3.63, 3.8) is 0 Å². The molecule has 0 amide bonds. The molecule has 0 saturated carbocycles. The van der Waals surface area contributed by atoms with Crippen LogP contribution < -0.4 is 11.3 Å². The fraction of sp³-hybridized carbons (Fsp3) is 0.250. The molecule has 3 nitrogen and oxygen atoms in total. The molecule has 0 aliphatic rings. The van der Waals surface area contributed by atoms with Gasteiger partial charge in [0, 0.05) is 22.5 Å². The van der Waals surface area contributed by atoms with E-state index in [2.05, 4.69) is 10.4 Å². The number of nitrogens with zero attached hydrogens (tertiary/aromatic N) is 1. The van der Waals surface area contributed by atoms with Crippen LogP contribution in [0.25, 0.3) is 0 Å². The molecule has 5 heteroatoms. The standard InChI is InChI=1S/C12H14ClN3S/c1-8-7-17-12(15-8)6-11(16-14)9-4-2-3-5-10(9)13/h2-5,7,11,16H,6,14H2,1H3. The van der Waals surface area contributed by atoms with Gasteiger partial charge in [-0.05, 0) is 18.6 Å². The van der Waals surface area contributed by atoms with Crippen LogP contribution in [0.2, 0.25) is 5.02 Å². The van der Waals surface area contributed by atoms with E-state index in [-0.39, 0.29) is 6.04 Å². The summed E-state index contributed by atoms with van der Waals surface area (Å²) in [5.41, 5.74) is 4.84. The molecule has 0 saturated heterocycles. The highest BCUT2D eigenvalue weighted by molar-refractivity contribution is 7.09. The van der Waals surface area contributed by atoms with Crippen LogP contribution in [0, 0.1) is 6.92 Å². The minimum Gasteiger partial charge on any atom is -0.271 e. The number of rotatable bonds is 4. The highest BCUT2D eigenvalue weighted by Gasteiger charge is 2.15. The molecular formula is C12H14ClN3S. The maximum absolute atomic E-state index is 6.16. The molecule has 0 radical (unpaired) electrons. The maximum atomic E-state index is 6.16. The smallest absolute Gasteiger partial charge is 0.0947 e. The van der Waals surface area contributed by atoms with Gasteiger partial charge in [-0.1, -0.05) is 29.8 Å². The molecule has 1 aromatic carbocycles. The SMILES string of the molecule is Cc1csc(CC(NN)c2ccccc2Cl)n1. The van der Waals surface area contributed by atoms with Gasteiger partial charge >= 0.3 is 0 Å². The van der Waals surface area contributed by atoms with Crippen LogP contribution in [0.3, 0.4) is 0 Å². The van der Waals surface area contributed by atoms with Gasteiger partial charge in [0.05, 0.1) is 11.0 Å². The number of aromatic nitrogens is 1. The van der Waals surface area contributed by atoms with Gasteiger partial charge in [0.25, 0.3) is 0 Å². The number of hydrogen-bond acceptors (Lipinski definition) is 4. The number of thiazole rings is 1. The summed E-state index contributed by atoms with van der Waals surface area (Å²) in [5, 5.41) is 3.82. The number of hydrogen-bond donors (Lipinski definition) is 2. The lowest BCUT2D eigenvalue weighted by Crippen LogP contribution is -2.29. The lowest BCUT2D eigenvalue weighted by Gasteiger charge is -2.16. The second kappa shape index (κ2) is 5.60. The summed E-state index contributed by atoms with van der Waals surface area (Å²) < 4.78 is 0. The zero-order chi connectivity index (χ0) is 12.3. The summed E-state index contributed by atoms with van der Waals surface area (Å²) in [5.74, 6) is 5.60. The molecule has 1 heterocycles. The van der Waals surface area contributed by atoms with Crippen LogP contribution in [0.15, 0.2) is 29.6 Å². The van der Waals surface area contributed by atoms with Gasteiger partial charge in [-0.2, -0.15) is 0 Å². The fourth-order valence-electron chi connectivity index (χ4n) is 1.69. The second-order valence-corrected chi connectivity index (χ2v) is 5.18. The van der Waals surface area contributed by atoms with Crippen molar-refractivity contribution < 1.29 is 0 Å². The predicted octanol–water partition coefficient (Wildman–Crippen LogP) is 2.85. The Balaban J connectivity index is 2.20. The third kappa shape index (κ3) is 3.04. The molecule has 1 atom stereocenters. The van der Waals surface area contributed by atoms with E-state index in [1.807, 2.05) is 36.6 Å². The summed E-state index contributed by atoms with van der Waals surface area (Å²) in [6, 6.07) is 7.71. The Hall–Kier alpha value is -0.940. The monoisotopic (exact) mass is 267 g/mol. The van der Waals surface area contributed by atoms with E-state index in [0.29, 0.717) is 0 Å². The summed E-state index contributed by atoms with van der Waals surface area (Å²) in [7, 11) is 0. The van der Waals surface area contributed by atoms with E-state index in [0.717, 1.165) is 27.7 Å². The topological polar surface area (TPSA) is 50.9 Å². The van der Waals surface area contributed by atoms with Crippen LogP contribution in [-0.2, 0) is 6.42 Å². The van der Waals surface area contributed by atoms with Crippen molar-refractivity contribution in [2.45, 2.75) is 19.4 Å². The molecule has 90 valence electrons. The van der Waals surface area contributed by atoms with E-state index >= 15 is 0 Å². The first-order valence-corrected chi connectivity index (χ1v) is 6.58. The van der Waals surface area contributed by atoms with Crippen LogP contribution in [-0.4, -0.2) is 4.98 Å². The number of benzene rings is 1. The summed E-state index contributed by atoms with van der Waals surface area (Å²) >= 11 is 7.80. The van der Waals surface area contributed by atoms with Crippen molar-refractivity contribution in [1.29, 1.82) is 0 Å². The molecule has 3 N–H and O–H groups in total. The normalized spacial score (nSPS) is 12.6. The maximum Gasteiger partial charge on any atom is 0.0947 e. The van der Waals surface area contributed by atoms with Gasteiger partial charge < -0.3 is 0 Å². The van der Waals surface area contributed by atoms with E-state index in [4.69, 9.17) is 17.4 Å². The molecule has 0 bridgehead atoms. The van der Waals surface area contributed by atoms with Gasteiger partial charge in [-0.3, -0.25) is 11.3 Å². The van der Waals surface area contributed by atoms with E-state index in [1.165, 1.54) is 0 Å². The van der Waals surface area contributed by atoms with Gasteiger partial charge in [0.2, 0.25) is 0 Å². The number of hydrazine groups is 1. The van der Waals surface area contributed by atoms with E-state index in [9.17, 15) is 0 Å². The summed E-state index contributed by atoms with van der Waals surface area (Å²) in [6.45, 7) is 1.99. The predicted molar refractivity (Wildman–Crippen MR) is 72.1 cm³/mol. The minimum absolute atomic E-state index is 0.00532. The third-order valence-electron chi connectivity index (χ3n) is 2.53. The van der Waals surface area contributed by atoms with Crippen molar-refractivity contribution in [2.24, 2.45) is 5.84 Å². The highest BCUT2D eigenvalue weighted by Crippen LogP contribution is 2.25. The first-order chi connectivity index (χ1) is 8.20. The number of aryl methyl sites for hydroxylation is 1. The molecule has 1 unspecified atom stereocenters. The van der Waals surface area contributed by atoms with Crippen LogP contribution >= 0.6 is 22.9 Å². The highest BCUT2D eigenvalue weighted by atomic mass is 35.5. The van der Waals surface area contributed by atoms with Crippen LogP contribution in [0.1, 0.15) is 22.3 Å². The molecule has 1 aromatic heterocycles. The lowest BCUT2D eigenvalue weighted by atomic mass is 10.0. The summed E-state index contributed by atoms with van der Waals surface area (Å²) in [4.78, 5) is 4.43. The molecule has 17 heavy (non-hydrogen) atoms.